The molecule has 0 radical (unpaired) electrons. The SMILES string of the molecule is CCCCC/C=C/C[N+](C)(C)[O-]. The van der Waals surface area contributed by atoms with Gasteiger partial charge in [0.05, 0.1) is 20.6 Å². The molecule has 0 unspecified atom stereocenters. The number of hydrogen-bond donors (Lipinski definition) is 0. The first kappa shape index (κ1) is 11.7. The summed E-state index contributed by atoms with van der Waals surface area (Å²) < 4.78 is -0.218. The Morgan fingerprint density at radius 2 is 1.83 bits per heavy atom. The van der Waals surface area contributed by atoms with E-state index in [-0.39, 0.29) is 4.65 Å². The largest absolute Gasteiger partial charge is 0.633 e. The molecular formula is C10H21NO. The number of hydroxylamine groups is 3. The van der Waals surface area contributed by atoms with Crippen LogP contribution in [0.15, 0.2) is 12.2 Å². The first-order valence-corrected chi connectivity index (χ1v) is 4.75. The van der Waals surface area contributed by atoms with E-state index in [0.717, 1.165) is 6.42 Å². The lowest BCUT2D eigenvalue weighted by atomic mass is 10.2. The molecule has 0 spiro atoms. The Kier molecular flexibility index (Phi) is 6.03. The van der Waals surface area contributed by atoms with Crippen LogP contribution in [0.2, 0.25) is 0 Å². The smallest absolute Gasteiger partial charge is 0.0966 e. The molecule has 0 aliphatic rings. The third-order valence-electron chi connectivity index (χ3n) is 1.69. The molecule has 0 rings (SSSR count). The molecule has 0 aliphatic carbocycles. The van der Waals surface area contributed by atoms with Crippen LogP contribution in [0.1, 0.15) is 32.6 Å². The Morgan fingerprint density at radius 1 is 1.17 bits per heavy atom. The molecule has 0 heterocycles. The Morgan fingerprint density at radius 3 is 2.33 bits per heavy atom. The molecule has 12 heavy (non-hydrogen) atoms. The fourth-order valence-electron chi connectivity index (χ4n) is 0.958. The van der Waals surface area contributed by atoms with Crippen LogP contribution in [0.25, 0.3) is 0 Å². The minimum Gasteiger partial charge on any atom is -0.633 e. The normalized spacial score (nSPS) is 12.7. The maximum absolute atomic E-state index is 11.1. The lowest BCUT2D eigenvalue weighted by Gasteiger charge is -2.32. The maximum atomic E-state index is 11.1. The highest BCUT2D eigenvalue weighted by Gasteiger charge is 1.94. The zero-order valence-electron chi connectivity index (χ0n) is 8.55. The van der Waals surface area contributed by atoms with E-state index in [1.807, 2.05) is 6.08 Å². The highest BCUT2D eigenvalue weighted by molar-refractivity contribution is 4.81. The fourth-order valence-corrected chi connectivity index (χ4v) is 0.958. The molecule has 0 amide bonds. The van der Waals surface area contributed by atoms with E-state index in [9.17, 15) is 5.21 Å². The van der Waals surface area contributed by atoms with Gasteiger partial charge in [-0.15, -0.1) is 0 Å². The topological polar surface area (TPSA) is 23.1 Å². The van der Waals surface area contributed by atoms with E-state index in [0.29, 0.717) is 6.54 Å². The average Bonchev–Trinajstić information content (AvgIpc) is 1.94. The van der Waals surface area contributed by atoms with Gasteiger partial charge in [-0.1, -0.05) is 25.8 Å². The number of rotatable bonds is 6. The summed E-state index contributed by atoms with van der Waals surface area (Å²) in [5, 5.41) is 11.1. The highest BCUT2D eigenvalue weighted by atomic mass is 16.5. The minimum atomic E-state index is -0.218. The molecule has 0 N–H and O–H groups in total. The van der Waals surface area contributed by atoms with Crippen molar-refractivity contribution < 1.29 is 4.65 Å². The lowest BCUT2D eigenvalue weighted by Crippen LogP contribution is -2.31. The van der Waals surface area contributed by atoms with Gasteiger partial charge in [-0.2, -0.15) is 0 Å². The van der Waals surface area contributed by atoms with Gasteiger partial charge in [0, 0.05) is 0 Å². The van der Waals surface area contributed by atoms with Crippen molar-refractivity contribution in [2.45, 2.75) is 32.6 Å². The molecule has 0 saturated carbocycles. The second-order valence-corrected chi connectivity index (χ2v) is 3.72. The van der Waals surface area contributed by atoms with Gasteiger partial charge in [0.2, 0.25) is 0 Å². The summed E-state index contributed by atoms with van der Waals surface area (Å²) in [6, 6.07) is 0. The second kappa shape index (κ2) is 6.21. The van der Waals surface area contributed by atoms with Crippen molar-refractivity contribution in [2.24, 2.45) is 0 Å². The van der Waals surface area contributed by atoms with Crippen LogP contribution >= 0.6 is 0 Å². The van der Waals surface area contributed by atoms with E-state index in [1.165, 1.54) is 19.3 Å². The predicted octanol–water partition coefficient (Wildman–Crippen LogP) is 2.70. The van der Waals surface area contributed by atoms with Crippen molar-refractivity contribution in [1.82, 2.24) is 0 Å². The third-order valence-corrected chi connectivity index (χ3v) is 1.69. The van der Waals surface area contributed by atoms with Crippen LogP contribution in [0.5, 0.6) is 0 Å². The van der Waals surface area contributed by atoms with Gasteiger partial charge >= 0.3 is 0 Å². The van der Waals surface area contributed by atoms with Crippen LogP contribution in [-0.4, -0.2) is 25.3 Å². The standard InChI is InChI=1S/C10H21NO/c1-4-5-6-7-8-9-10-11(2,3)12/h8-9H,4-7,10H2,1-3H3/b9-8+. The summed E-state index contributed by atoms with van der Waals surface area (Å²) in [5.74, 6) is 0. The minimum absolute atomic E-state index is 0.218. The van der Waals surface area contributed by atoms with Gasteiger partial charge in [0.15, 0.2) is 0 Å². The predicted molar refractivity (Wildman–Crippen MR) is 53.6 cm³/mol. The first-order valence-electron chi connectivity index (χ1n) is 4.75. The molecule has 0 aromatic carbocycles. The number of nitrogens with zero attached hydrogens (tertiary/aromatic N) is 1. The fraction of sp³-hybridized carbons (Fsp3) is 0.800. The molecule has 72 valence electrons. The number of quaternary nitrogens is 1. The number of allylic oxidation sites excluding steroid dienone is 1. The Hall–Kier alpha value is -0.340. The zero-order valence-corrected chi connectivity index (χ0v) is 8.55. The van der Waals surface area contributed by atoms with Crippen LogP contribution in [0.3, 0.4) is 0 Å². The monoisotopic (exact) mass is 171 g/mol. The number of unbranched alkanes of at least 4 members (excludes halogenated alkanes) is 3. The van der Waals surface area contributed by atoms with Crippen molar-refractivity contribution in [1.29, 1.82) is 0 Å². The molecule has 0 fully saturated rings. The van der Waals surface area contributed by atoms with E-state index < -0.39 is 0 Å². The van der Waals surface area contributed by atoms with Crippen LogP contribution in [-0.2, 0) is 0 Å². The van der Waals surface area contributed by atoms with Gasteiger partial charge in [0.1, 0.15) is 0 Å². The molecule has 0 aromatic heterocycles. The number of likely N-dealkylation sites (N-methyl/N-ethyl adjacent to an activating group) is 1. The average molecular weight is 171 g/mol. The molecule has 0 aromatic rings. The van der Waals surface area contributed by atoms with Crippen LogP contribution < -0.4 is 0 Å². The summed E-state index contributed by atoms with van der Waals surface area (Å²) >= 11 is 0. The van der Waals surface area contributed by atoms with Crippen molar-refractivity contribution in [3.63, 3.8) is 0 Å². The summed E-state index contributed by atoms with van der Waals surface area (Å²) in [6.07, 6.45) is 9.03. The van der Waals surface area contributed by atoms with Crippen LogP contribution in [0.4, 0.5) is 0 Å². The van der Waals surface area contributed by atoms with Crippen molar-refractivity contribution in [3.8, 4) is 0 Å². The van der Waals surface area contributed by atoms with Gasteiger partial charge in [-0.3, -0.25) is 0 Å². The van der Waals surface area contributed by atoms with E-state index >= 15 is 0 Å². The van der Waals surface area contributed by atoms with Gasteiger partial charge in [-0.25, -0.2) is 0 Å². The Bertz CT molecular complexity index is 124. The first-order chi connectivity index (χ1) is 5.56. The van der Waals surface area contributed by atoms with Crippen LogP contribution in [0, 0.1) is 5.21 Å². The second-order valence-electron chi connectivity index (χ2n) is 3.72. The Balaban J connectivity index is 3.26. The summed E-state index contributed by atoms with van der Waals surface area (Å²) in [5.41, 5.74) is 0. The van der Waals surface area contributed by atoms with Crippen molar-refractivity contribution >= 4 is 0 Å². The Labute approximate surface area is 76.1 Å². The molecule has 0 bridgehead atoms. The van der Waals surface area contributed by atoms with E-state index in [1.54, 1.807) is 14.1 Å². The van der Waals surface area contributed by atoms with Gasteiger partial charge in [0.25, 0.3) is 0 Å². The van der Waals surface area contributed by atoms with Gasteiger partial charge < -0.3 is 9.85 Å². The molecule has 0 atom stereocenters. The molecule has 2 heteroatoms. The van der Waals surface area contributed by atoms with Crippen molar-refractivity contribution in [3.05, 3.63) is 17.4 Å². The van der Waals surface area contributed by atoms with Crippen molar-refractivity contribution in [2.75, 3.05) is 20.6 Å². The van der Waals surface area contributed by atoms with Gasteiger partial charge in [-0.05, 0) is 18.9 Å². The highest BCUT2D eigenvalue weighted by Crippen LogP contribution is 2.00. The molecular weight excluding hydrogens is 150 g/mol. The quantitative estimate of drug-likeness (QED) is 0.261. The summed E-state index contributed by atoms with van der Waals surface area (Å²) in [7, 11) is 3.33. The lowest BCUT2D eigenvalue weighted by molar-refractivity contribution is -0.833. The van der Waals surface area contributed by atoms with E-state index in [2.05, 4.69) is 13.0 Å². The summed E-state index contributed by atoms with van der Waals surface area (Å²) in [4.78, 5) is 0. The molecule has 2 nitrogen and oxygen atoms in total. The molecule has 0 aliphatic heterocycles. The molecule has 0 saturated heterocycles. The van der Waals surface area contributed by atoms with E-state index in [4.69, 9.17) is 0 Å². The number of hydrogen-bond acceptors (Lipinski definition) is 1. The third kappa shape index (κ3) is 9.66. The zero-order chi connectivity index (χ0) is 9.45. The maximum Gasteiger partial charge on any atom is 0.0966 e. The summed E-state index contributed by atoms with van der Waals surface area (Å²) in [6.45, 7) is 2.79.